The van der Waals surface area contributed by atoms with Gasteiger partial charge in [0, 0.05) is 5.56 Å². The third-order valence-electron chi connectivity index (χ3n) is 5.51. The summed E-state index contributed by atoms with van der Waals surface area (Å²) in [4.78, 5) is 31.9. The molecule has 1 unspecified atom stereocenters. The van der Waals surface area contributed by atoms with Crippen molar-refractivity contribution in [2.24, 2.45) is 0 Å². The Balaban J connectivity index is 1.62. The first-order valence-corrected chi connectivity index (χ1v) is 9.79. The molecule has 4 rings (SSSR count). The summed E-state index contributed by atoms with van der Waals surface area (Å²) in [6, 6.07) is 16.2. The van der Waals surface area contributed by atoms with Gasteiger partial charge in [-0.25, -0.2) is 9.78 Å². The fourth-order valence-corrected chi connectivity index (χ4v) is 3.71. The topological polar surface area (TPSA) is 84.7 Å². The summed E-state index contributed by atoms with van der Waals surface area (Å²) < 4.78 is 11.0. The zero-order valence-electron chi connectivity index (χ0n) is 17.1. The molecule has 0 bridgehead atoms. The fraction of sp³-hybridized carbons (Fsp3) is 0.261. The van der Waals surface area contributed by atoms with Gasteiger partial charge in [0.25, 0.3) is 5.91 Å². The van der Waals surface area contributed by atoms with Crippen molar-refractivity contribution in [3.05, 3.63) is 71.6 Å². The smallest absolute Gasteiger partial charge is 0.325 e. The molecule has 1 saturated heterocycles. The van der Waals surface area contributed by atoms with E-state index in [2.05, 4.69) is 10.3 Å². The first-order valence-electron chi connectivity index (χ1n) is 9.79. The van der Waals surface area contributed by atoms with E-state index in [4.69, 9.17) is 9.15 Å². The number of carbonyl (C=O) groups excluding carboxylic acids is 2. The van der Waals surface area contributed by atoms with Crippen LogP contribution < -0.4 is 10.1 Å². The van der Waals surface area contributed by atoms with Crippen LogP contribution in [0.4, 0.5) is 4.79 Å². The molecule has 7 heteroatoms. The van der Waals surface area contributed by atoms with Gasteiger partial charge in [-0.2, -0.15) is 0 Å². The number of amides is 3. The molecule has 1 aliphatic heterocycles. The summed E-state index contributed by atoms with van der Waals surface area (Å²) in [7, 11) is 1.58. The Kier molecular flexibility index (Phi) is 5.03. The first kappa shape index (κ1) is 19.7. The molecule has 2 aromatic carbocycles. The van der Waals surface area contributed by atoms with Crippen LogP contribution in [0.3, 0.4) is 0 Å². The lowest BCUT2D eigenvalue weighted by atomic mass is 9.87. The number of methoxy groups -OCH3 is 1. The number of imide groups is 1. The standard InChI is InChI=1S/C23H23N3O4/c1-4-23(17-10-12-18(29-3)13-11-17)21(27)26(22(28)25-23)14-19-15(2)30-20(24-19)16-8-6-5-7-9-16/h5-13H,4,14H2,1-3H3,(H,25,28). The minimum atomic E-state index is -1.11. The number of carbonyl (C=O) groups is 2. The van der Waals surface area contributed by atoms with Crippen LogP contribution in [0, 0.1) is 6.92 Å². The molecule has 1 aliphatic rings. The number of nitrogens with one attached hydrogen (secondary N) is 1. The second-order valence-corrected chi connectivity index (χ2v) is 7.20. The second-order valence-electron chi connectivity index (χ2n) is 7.20. The van der Waals surface area contributed by atoms with E-state index in [0.717, 1.165) is 5.56 Å². The van der Waals surface area contributed by atoms with E-state index in [-0.39, 0.29) is 12.5 Å². The zero-order valence-corrected chi connectivity index (χ0v) is 17.1. The van der Waals surface area contributed by atoms with E-state index in [1.165, 1.54) is 4.90 Å². The van der Waals surface area contributed by atoms with Gasteiger partial charge in [0.05, 0.1) is 13.7 Å². The highest BCUT2D eigenvalue weighted by Gasteiger charge is 2.51. The number of ether oxygens (including phenoxy) is 1. The predicted octanol–water partition coefficient (Wildman–Crippen LogP) is 4.02. The molecule has 1 fully saturated rings. The molecular formula is C23H23N3O4. The zero-order chi connectivity index (χ0) is 21.3. The van der Waals surface area contributed by atoms with E-state index >= 15 is 0 Å². The Labute approximate surface area is 174 Å². The molecule has 3 aromatic rings. The SMILES string of the molecule is CCC1(c2ccc(OC)cc2)NC(=O)N(Cc2nc(-c3ccccc3)oc2C)C1=O. The predicted molar refractivity (Wildman–Crippen MR) is 111 cm³/mol. The van der Waals surface area contributed by atoms with Gasteiger partial charge >= 0.3 is 6.03 Å². The molecule has 30 heavy (non-hydrogen) atoms. The quantitative estimate of drug-likeness (QED) is 0.626. The van der Waals surface area contributed by atoms with Crippen LogP contribution in [0.15, 0.2) is 59.0 Å². The van der Waals surface area contributed by atoms with Crippen molar-refractivity contribution >= 4 is 11.9 Å². The van der Waals surface area contributed by atoms with Gasteiger partial charge < -0.3 is 14.5 Å². The van der Waals surface area contributed by atoms with Crippen molar-refractivity contribution in [1.82, 2.24) is 15.2 Å². The number of urea groups is 1. The van der Waals surface area contributed by atoms with E-state index in [0.29, 0.717) is 35.1 Å². The number of oxazole rings is 1. The normalized spacial score (nSPS) is 18.6. The molecule has 7 nitrogen and oxygen atoms in total. The summed E-state index contributed by atoms with van der Waals surface area (Å²) >= 11 is 0. The molecule has 0 spiro atoms. The Bertz CT molecular complexity index is 1080. The van der Waals surface area contributed by atoms with Crippen LogP contribution in [-0.4, -0.2) is 28.9 Å². The molecule has 154 valence electrons. The lowest BCUT2D eigenvalue weighted by Crippen LogP contribution is -2.43. The number of nitrogens with zero attached hydrogens (tertiary/aromatic N) is 2. The average Bonchev–Trinajstić information content (AvgIpc) is 3.27. The molecule has 2 heterocycles. The van der Waals surface area contributed by atoms with Gasteiger partial charge in [0.2, 0.25) is 5.89 Å². The second kappa shape index (κ2) is 7.67. The van der Waals surface area contributed by atoms with Crippen molar-refractivity contribution in [1.29, 1.82) is 0 Å². The molecular weight excluding hydrogens is 382 g/mol. The molecule has 1 atom stereocenters. The maximum atomic E-state index is 13.4. The maximum Gasteiger partial charge on any atom is 0.325 e. The van der Waals surface area contributed by atoms with Crippen LogP contribution in [0.5, 0.6) is 5.75 Å². The molecule has 0 saturated carbocycles. The number of rotatable bonds is 6. The van der Waals surface area contributed by atoms with Crippen LogP contribution in [0.1, 0.15) is 30.4 Å². The van der Waals surface area contributed by atoms with Gasteiger partial charge in [0.1, 0.15) is 22.7 Å². The maximum absolute atomic E-state index is 13.4. The lowest BCUT2D eigenvalue weighted by Gasteiger charge is -2.26. The fourth-order valence-electron chi connectivity index (χ4n) is 3.71. The lowest BCUT2D eigenvalue weighted by molar-refractivity contribution is -0.132. The summed E-state index contributed by atoms with van der Waals surface area (Å²) in [5, 5.41) is 2.89. The Morgan fingerprint density at radius 3 is 2.43 bits per heavy atom. The van der Waals surface area contributed by atoms with E-state index in [9.17, 15) is 9.59 Å². The Morgan fingerprint density at radius 1 is 1.10 bits per heavy atom. The number of benzene rings is 2. The van der Waals surface area contributed by atoms with Crippen molar-refractivity contribution in [2.45, 2.75) is 32.4 Å². The third-order valence-corrected chi connectivity index (χ3v) is 5.51. The first-order chi connectivity index (χ1) is 14.5. The van der Waals surface area contributed by atoms with Crippen molar-refractivity contribution in [2.75, 3.05) is 7.11 Å². The van der Waals surface area contributed by atoms with Crippen LogP contribution >= 0.6 is 0 Å². The monoisotopic (exact) mass is 405 g/mol. The van der Waals surface area contributed by atoms with Gasteiger partial charge in [-0.05, 0) is 43.2 Å². The van der Waals surface area contributed by atoms with Crippen LogP contribution in [0.2, 0.25) is 0 Å². The summed E-state index contributed by atoms with van der Waals surface area (Å²) in [5.74, 6) is 1.43. The van der Waals surface area contributed by atoms with E-state index in [1.54, 1.807) is 38.3 Å². The van der Waals surface area contributed by atoms with Crippen molar-refractivity contribution in [3.63, 3.8) is 0 Å². The highest BCUT2D eigenvalue weighted by molar-refractivity contribution is 6.07. The molecule has 1 N–H and O–H groups in total. The minimum absolute atomic E-state index is 0.0464. The molecule has 0 aliphatic carbocycles. The van der Waals surface area contributed by atoms with Crippen LogP contribution in [-0.2, 0) is 16.9 Å². The minimum Gasteiger partial charge on any atom is -0.497 e. The number of hydrogen-bond acceptors (Lipinski definition) is 5. The molecule has 1 aromatic heterocycles. The highest BCUT2D eigenvalue weighted by Crippen LogP contribution is 2.34. The molecule has 3 amide bonds. The van der Waals surface area contributed by atoms with Gasteiger partial charge in [-0.3, -0.25) is 9.69 Å². The Hall–Kier alpha value is -3.61. The third kappa shape index (κ3) is 3.22. The summed E-state index contributed by atoms with van der Waals surface area (Å²) in [6.07, 6.45) is 0.424. The van der Waals surface area contributed by atoms with Crippen molar-refractivity contribution in [3.8, 4) is 17.2 Å². The Morgan fingerprint density at radius 2 is 1.80 bits per heavy atom. The molecule has 0 radical (unpaired) electrons. The van der Waals surface area contributed by atoms with Gasteiger partial charge in [-0.15, -0.1) is 0 Å². The number of aryl methyl sites for hydroxylation is 1. The summed E-state index contributed by atoms with van der Waals surface area (Å²) in [5.41, 5.74) is 1.00. The van der Waals surface area contributed by atoms with Gasteiger partial charge in [0.15, 0.2) is 0 Å². The largest absolute Gasteiger partial charge is 0.497 e. The number of hydrogen-bond donors (Lipinski definition) is 1. The van der Waals surface area contributed by atoms with E-state index < -0.39 is 11.6 Å². The number of aromatic nitrogens is 1. The summed E-state index contributed by atoms with van der Waals surface area (Å²) in [6.45, 7) is 3.70. The van der Waals surface area contributed by atoms with Crippen LogP contribution in [0.25, 0.3) is 11.5 Å². The highest BCUT2D eigenvalue weighted by atomic mass is 16.5. The van der Waals surface area contributed by atoms with E-state index in [1.807, 2.05) is 37.3 Å². The van der Waals surface area contributed by atoms with Gasteiger partial charge in [-0.1, -0.05) is 37.3 Å². The van der Waals surface area contributed by atoms with Crippen molar-refractivity contribution < 1.29 is 18.7 Å². The average molecular weight is 405 g/mol.